The molecule has 1 fully saturated rings. The van der Waals surface area contributed by atoms with Crippen molar-refractivity contribution in [2.24, 2.45) is 0 Å². The minimum atomic E-state index is -4.54. The lowest BCUT2D eigenvalue weighted by Crippen LogP contribution is -2.49. The number of anilines is 1. The van der Waals surface area contributed by atoms with Crippen LogP contribution >= 0.6 is 0 Å². The number of hydrogen-bond acceptors (Lipinski definition) is 7. The van der Waals surface area contributed by atoms with Gasteiger partial charge in [0.2, 0.25) is 10.0 Å². The molecule has 1 aromatic carbocycles. The lowest BCUT2D eigenvalue weighted by molar-refractivity contribution is -0.138. The van der Waals surface area contributed by atoms with Gasteiger partial charge in [0.1, 0.15) is 0 Å². The minimum absolute atomic E-state index is 0.0712. The highest BCUT2D eigenvalue weighted by atomic mass is 32.2. The number of carbonyl (C=O) groups excluding carboxylic acids is 1. The summed E-state index contributed by atoms with van der Waals surface area (Å²) in [6.07, 6.45) is 3.21. The first-order valence-corrected chi connectivity index (χ1v) is 12.4. The summed E-state index contributed by atoms with van der Waals surface area (Å²) in [5.41, 5.74) is 0.234. The Kier molecular flexibility index (Phi) is 6.76. The van der Waals surface area contributed by atoms with E-state index < -0.39 is 27.8 Å². The van der Waals surface area contributed by atoms with Crippen molar-refractivity contribution in [3.8, 4) is 11.3 Å². The van der Waals surface area contributed by atoms with Crippen LogP contribution in [0.1, 0.15) is 11.1 Å². The lowest BCUT2D eigenvalue weighted by Gasteiger charge is -2.34. The number of carbonyl (C=O) groups is 1. The minimum Gasteiger partial charge on any atom is -0.320 e. The predicted octanol–water partition coefficient (Wildman–Crippen LogP) is 2.52. The number of aromatic nitrogens is 4. The largest absolute Gasteiger partial charge is 0.416 e. The second-order valence-corrected chi connectivity index (χ2v) is 9.80. The van der Waals surface area contributed by atoms with Crippen LogP contribution in [0.4, 0.5) is 23.7 Å². The van der Waals surface area contributed by atoms with Gasteiger partial charge in [-0.05, 0) is 11.6 Å². The highest BCUT2D eigenvalue weighted by Gasteiger charge is 2.34. The van der Waals surface area contributed by atoms with Crippen LogP contribution in [-0.2, 0) is 22.7 Å². The number of hydrogen-bond donors (Lipinski definition) is 1. The van der Waals surface area contributed by atoms with Crippen molar-refractivity contribution in [3.63, 3.8) is 0 Å². The van der Waals surface area contributed by atoms with E-state index in [9.17, 15) is 26.4 Å². The number of nitrogens with zero attached hydrogens (tertiary/aromatic N) is 6. The molecule has 4 rings (SSSR count). The molecule has 0 unspecified atom stereocenters. The Morgan fingerprint density at radius 2 is 1.86 bits per heavy atom. The van der Waals surface area contributed by atoms with Crippen molar-refractivity contribution in [2.45, 2.75) is 12.7 Å². The summed E-state index contributed by atoms with van der Waals surface area (Å²) in [4.78, 5) is 24.0. The molecule has 0 aliphatic carbocycles. The second-order valence-electron chi connectivity index (χ2n) is 8.05. The quantitative estimate of drug-likeness (QED) is 0.562. The molecule has 35 heavy (non-hydrogen) atoms. The third kappa shape index (κ3) is 6.14. The summed E-state index contributed by atoms with van der Waals surface area (Å²) in [6, 6.07) is 3.67. The molecule has 1 N–H and O–H groups in total. The third-order valence-corrected chi connectivity index (χ3v) is 6.00. The van der Waals surface area contributed by atoms with Crippen LogP contribution in [0.3, 0.4) is 0 Å². The standard InChI is InChI=1S/C21H22F3N7O3S/c1-35(33,34)28-17-11-27-31(14-17)20(32)30-8-6-29(7-9-30)13-16-3-2-15(10-18(16)21(22,23)24)19-12-25-4-5-26-19/h2-5,10-12,14,28H,6-9,13H2,1H3. The van der Waals surface area contributed by atoms with E-state index in [0.29, 0.717) is 24.3 Å². The Morgan fingerprint density at radius 3 is 2.49 bits per heavy atom. The molecular formula is C21H22F3N7O3S. The van der Waals surface area contributed by atoms with Crippen molar-refractivity contribution >= 4 is 21.7 Å². The Bertz CT molecular complexity index is 1310. The summed E-state index contributed by atoms with van der Waals surface area (Å²) >= 11 is 0. The van der Waals surface area contributed by atoms with E-state index in [4.69, 9.17) is 0 Å². The number of alkyl halides is 3. The molecule has 0 saturated carbocycles. The average Bonchev–Trinajstić information content (AvgIpc) is 3.26. The fraction of sp³-hybridized carbons (Fsp3) is 0.333. The monoisotopic (exact) mass is 509 g/mol. The smallest absolute Gasteiger partial charge is 0.320 e. The molecule has 10 nitrogen and oxygen atoms in total. The molecule has 1 amide bonds. The molecule has 3 aromatic rings. The molecule has 1 aliphatic heterocycles. The van der Waals surface area contributed by atoms with Crippen molar-refractivity contribution < 1.29 is 26.4 Å². The van der Waals surface area contributed by atoms with Crippen molar-refractivity contribution in [3.05, 3.63) is 60.3 Å². The highest BCUT2D eigenvalue weighted by molar-refractivity contribution is 7.92. The van der Waals surface area contributed by atoms with Gasteiger partial charge in [-0.3, -0.25) is 19.6 Å². The van der Waals surface area contributed by atoms with Crippen LogP contribution in [0.2, 0.25) is 0 Å². The van der Waals surface area contributed by atoms with Gasteiger partial charge in [-0.1, -0.05) is 12.1 Å². The summed E-state index contributed by atoms with van der Waals surface area (Å²) in [5, 5.41) is 3.88. The second kappa shape index (κ2) is 9.62. The van der Waals surface area contributed by atoms with Crippen molar-refractivity contribution in [1.82, 2.24) is 29.5 Å². The maximum Gasteiger partial charge on any atom is 0.416 e. The first-order chi connectivity index (χ1) is 16.5. The molecule has 186 valence electrons. The van der Waals surface area contributed by atoms with Gasteiger partial charge in [0.05, 0.1) is 41.8 Å². The van der Waals surface area contributed by atoms with Crippen LogP contribution < -0.4 is 4.72 Å². The van der Waals surface area contributed by atoms with Crippen LogP contribution in [-0.4, -0.2) is 76.4 Å². The molecule has 14 heteroatoms. The Hall–Kier alpha value is -3.52. The zero-order valence-electron chi connectivity index (χ0n) is 18.6. The molecule has 1 saturated heterocycles. The maximum absolute atomic E-state index is 13.8. The fourth-order valence-electron chi connectivity index (χ4n) is 3.76. The van der Waals surface area contributed by atoms with E-state index in [0.717, 1.165) is 17.0 Å². The zero-order chi connectivity index (χ0) is 25.2. The van der Waals surface area contributed by atoms with Gasteiger partial charge < -0.3 is 4.90 Å². The number of piperazine rings is 1. The Balaban J connectivity index is 1.42. The molecular weight excluding hydrogens is 487 g/mol. The number of halogens is 3. The molecule has 3 heterocycles. The van der Waals surface area contributed by atoms with E-state index >= 15 is 0 Å². The van der Waals surface area contributed by atoms with E-state index in [1.54, 1.807) is 6.07 Å². The number of amides is 1. The lowest BCUT2D eigenvalue weighted by atomic mass is 10.0. The summed E-state index contributed by atoms with van der Waals surface area (Å²) in [5.74, 6) is 0. The number of sulfonamides is 1. The van der Waals surface area contributed by atoms with Gasteiger partial charge in [-0.25, -0.2) is 13.2 Å². The summed E-state index contributed by atoms with van der Waals surface area (Å²) in [7, 11) is -3.51. The number of benzene rings is 1. The maximum atomic E-state index is 13.8. The highest BCUT2D eigenvalue weighted by Crippen LogP contribution is 2.35. The third-order valence-electron chi connectivity index (χ3n) is 5.39. The molecule has 1 aliphatic rings. The van der Waals surface area contributed by atoms with E-state index in [1.165, 1.54) is 42.0 Å². The molecule has 0 spiro atoms. The van der Waals surface area contributed by atoms with E-state index in [1.807, 2.05) is 4.90 Å². The first-order valence-electron chi connectivity index (χ1n) is 10.5. The summed E-state index contributed by atoms with van der Waals surface area (Å²) < 4.78 is 67.3. The Labute approximate surface area is 199 Å². The predicted molar refractivity (Wildman–Crippen MR) is 121 cm³/mol. The molecule has 0 atom stereocenters. The van der Waals surface area contributed by atoms with Crippen molar-refractivity contribution in [1.29, 1.82) is 0 Å². The van der Waals surface area contributed by atoms with Crippen LogP contribution in [0.25, 0.3) is 11.3 Å². The molecule has 0 radical (unpaired) electrons. The van der Waals surface area contributed by atoms with Crippen LogP contribution in [0, 0.1) is 0 Å². The Morgan fingerprint density at radius 1 is 1.11 bits per heavy atom. The molecule has 0 bridgehead atoms. The first kappa shape index (κ1) is 24.6. The molecule has 2 aromatic heterocycles. The number of rotatable bonds is 5. The fourth-order valence-corrected chi connectivity index (χ4v) is 4.30. The number of nitrogens with one attached hydrogen (secondary N) is 1. The summed E-state index contributed by atoms with van der Waals surface area (Å²) in [6.45, 7) is 1.37. The van der Waals surface area contributed by atoms with Gasteiger partial charge in [0.15, 0.2) is 0 Å². The van der Waals surface area contributed by atoms with Crippen LogP contribution in [0.5, 0.6) is 0 Å². The van der Waals surface area contributed by atoms with Gasteiger partial charge >= 0.3 is 12.2 Å². The van der Waals surface area contributed by atoms with E-state index in [2.05, 4.69) is 19.8 Å². The van der Waals surface area contributed by atoms with Gasteiger partial charge in [-0.2, -0.15) is 23.0 Å². The topological polar surface area (TPSA) is 113 Å². The van der Waals surface area contributed by atoms with E-state index in [-0.39, 0.29) is 30.9 Å². The van der Waals surface area contributed by atoms with Gasteiger partial charge in [0.25, 0.3) is 0 Å². The van der Waals surface area contributed by atoms with Gasteiger partial charge in [-0.15, -0.1) is 0 Å². The van der Waals surface area contributed by atoms with Crippen LogP contribution in [0.15, 0.2) is 49.2 Å². The van der Waals surface area contributed by atoms with Crippen molar-refractivity contribution in [2.75, 3.05) is 37.2 Å². The zero-order valence-corrected chi connectivity index (χ0v) is 19.4. The normalized spacial score (nSPS) is 15.3. The average molecular weight is 510 g/mol. The van der Waals surface area contributed by atoms with Gasteiger partial charge in [0, 0.05) is 50.7 Å². The SMILES string of the molecule is CS(=O)(=O)Nc1cnn(C(=O)N2CCN(Cc3ccc(-c4cnccn4)cc3C(F)(F)F)CC2)c1.